The van der Waals surface area contributed by atoms with E-state index in [0.717, 1.165) is 16.3 Å². The van der Waals surface area contributed by atoms with E-state index in [1.807, 2.05) is 37.2 Å². The molecule has 1 N–H and O–H groups in total. The van der Waals surface area contributed by atoms with Crippen LogP contribution in [0.25, 0.3) is 0 Å². The quantitative estimate of drug-likeness (QED) is 0.320. The lowest BCUT2D eigenvalue weighted by Gasteiger charge is -2.21. The van der Waals surface area contributed by atoms with Crippen LogP contribution < -0.4 is 10.1 Å². The van der Waals surface area contributed by atoms with E-state index in [1.165, 1.54) is 6.07 Å². The number of aromatic nitrogens is 1. The zero-order chi connectivity index (χ0) is 19.8. The number of benzene rings is 1. The van der Waals surface area contributed by atoms with Crippen LogP contribution in [0.3, 0.4) is 0 Å². The number of guanidine groups is 1. The topological polar surface area (TPSA) is 59.0 Å². The Morgan fingerprint density at radius 2 is 2.18 bits per heavy atom. The third-order valence-corrected chi connectivity index (χ3v) is 5.04. The van der Waals surface area contributed by atoms with Gasteiger partial charge in [-0.25, -0.2) is 9.37 Å². The van der Waals surface area contributed by atoms with Gasteiger partial charge in [-0.05, 0) is 31.5 Å². The van der Waals surface area contributed by atoms with Crippen LogP contribution in [0.2, 0.25) is 0 Å². The third kappa shape index (κ3) is 6.85. The zero-order valence-electron chi connectivity index (χ0n) is 16.9. The van der Waals surface area contributed by atoms with Crippen molar-refractivity contribution in [2.24, 2.45) is 4.99 Å². The van der Waals surface area contributed by atoms with Gasteiger partial charge in [0.15, 0.2) is 17.5 Å². The van der Waals surface area contributed by atoms with Crippen molar-refractivity contribution in [1.29, 1.82) is 0 Å². The van der Waals surface area contributed by atoms with E-state index >= 15 is 0 Å². The summed E-state index contributed by atoms with van der Waals surface area (Å²) in [5.74, 6) is 0.618. The van der Waals surface area contributed by atoms with Gasteiger partial charge < -0.3 is 19.7 Å². The van der Waals surface area contributed by atoms with E-state index in [4.69, 9.17) is 9.47 Å². The highest BCUT2D eigenvalue weighted by Crippen LogP contribution is 2.21. The lowest BCUT2D eigenvalue weighted by atomic mass is 10.2. The predicted octanol–water partition coefficient (Wildman–Crippen LogP) is 4.21. The first-order chi connectivity index (χ1) is 13.0. The minimum Gasteiger partial charge on any atom is -0.491 e. The molecule has 0 aliphatic heterocycles. The molecule has 1 aromatic carbocycles. The summed E-state index contributed by atoms with van der Waals surface area (Å²) < 4.78 is 24.5. The summed E-state index contributed by atoms with van der Waals surface area (Å²) in [5.41, 5.74) is 1.77. The van der Waals surface area contributed by atoms with Crippen molar-refractivity contribution in [3.8, 4) is 5.75 Å². The van der Waals surface area contributed by atoms with Crippen molar-refractivity contribution in [2.45, 2.75) is 33.0 Å². The Bertz CT molecular complexity index is 772. The summed E-state index contributed by atoms with van der Waals surface area (Å²) in [7, 11) is 5.33. The summed E-state index contributed by atoms with van der Waals surface area (Å²) in [6.07, 6.45) is -0.0129. The molecule has 1 unspecified atom stereocenters. The smallest absolute Gasteiger partial charge is 0.194 e. The molecule has 0 radical (unpaired) electrons. The number of methoxy groups -OCH3 is 1. The fourth-order valence-electron chi connectivity index (χ4n) is 2.49. The molecule has 9 heteroatoms. The van der Waals surface area contributed by atoms with Crippen LogP contribution in [0.5, 0.6) is 5.75 Å². The Hall–Kier alpha value is -1.46. The Morgan fingerprint density at radius 1 is 1.43 bits per heavy atom. The van der Waals surface area contributed by atoms with Crippen molar-refractivity contribution >= 4 is 41.3 Å². The van der Waals surface area contributed by atoms with E-state index in [1.54, 1.807) is 31.6 Å². The number of ether oxygens (including phenoxy) is 2. The van der Waals surface area contributed by atoms with Crippen LogP contribution in [-0.4, -0.2) is 43.7 Å². The van der Waals surface area contributed by atoms with Crippen LogP contribution in [0.15, 0.2) is 28.6 Å². The number of rotatable bonds is 8. The molecule has 0 bridgehead atoms. The third-order valence-electron chi connectivity index (χ3n) is 3.99. The Balaban J connectivity index is 0.00000392. The fourth-order valence-corrected chi connectivity index (χ4v) is 3.34. The van der Waals surface area contributed by atoms with E-state index in [-0.39, 0.29) is 41.6 Å². The number of nitrogens with one attached hydrogen (secondary N) is 1. The summed E-state index contributed by atoms with van der Waals surface area (Å²) in [6, 6.07) is 4.97. The van der Waals surface area contributed by atoms with Crippen molar-refractivity contribution in [3.63, 3.8) is 0 Å². The molecular formula is C19H28FIN4O2S. The normalized spacial score (nSPS) is 12.3. The second-order valence-electron chi connectivity index (χ2n) is 6.01. The molecule has 0 aliphatic rings. The average Bonchev–Trinajstić information content (AvgIpc) is 3.12. The number of nitrogens with zero attached hydrogens (tertiary/aromatic N) is 3. The SMILES string of the molecule is CCOc1ccc(CNC(=NC)N(C)Cc2csc(C(C)OC)n2)cc1F.I. The maximum absolute atomic E-state index is 14.0. The first-order valence-corrected chi connectivity index (χ1v) is 9.66. The number of halogens is 2. The van der Waals surface area contributed by atoms with Gasteiger partial charge in [0, 0.05) is 33.1 Å². The second-order valence-corrected chi connectivity index (χ2v) is 6.90. The molecule has 0 aliphatic carbocycles. The monoisotopic (exact) mass is 522 g/mol. The van der Waals surface area contributed by atoms with E-state index in [9.17, 15) is 4.39 Å². The minimum absolute atomic E-state index is 0. The highest BCUT2D eigenvalue weighted by molar-refractivity contribution is 14.0. The lowest BCUT2D eigenvalue weighted by molar-refractivity contribution is 0.119. The van der Waals surface area contributed by atoms with Gasteiger partial charge >= 0.3 is 0 Å². The summed E-state index contributed by atoms with van der Waals surface area (Å²) in [5, 5.41) is 6.22. The maximum atomic E-state index is 14.0. The molecule has 0 spiro atoms. The van der Waals surface area contributed by atoms with Crippen molar-refractivity contribution in [2.75, 3.05) is 27.8 Å². The van der Waals surface area contributed by atoms with Gasteiger partial charge in [0.1, 0.15) is 11.1 Å². The van der Waals surface area contributed by atoms with Crippen LogP contribution in [0.1, 0.15) is 36.2 Å². The van der Waals surface area contributed by atoms with Gasteiger partial charge in [0.05, 0.1) is 18.8 Å². The summed E-state index contributed by atoms with van der Waals surface area (Å²) >= 11 is 1.58. The maximum Gasteiger partial charge on any atom is 0.194 e. The van der Waals surface area contributed by atoms with Gasteiger partial charge in [-0.15, -0.1) is 35.3 Å². The molecule has 0 amide bonds. The van der Waals surface area contributed by atoms with E-state index in [2.05, 4.69) is 15.3 Å². The molecule has 2 aromatic rings. The Morgan fingerprint density at radius 3 is 2.79 bits per heavy atom. The number of thiazole rings is 1. The van der Waals surface area contributed by atoms with Crippen molar-refractivity contribution < 1.29 is 13.9 Å². The van der Waals surface area contributed by atoms with E-state index < -0.39 is 0 Å². The van der Waals surface area contributed by atoms with Gasteiger partial charge in [-0.2, -0.15) is 0 Å². The molecular weight excluding hydrogens is 494 g/mol. The van der Waals surface area contributed by atoms with Crippen LogP contribution in [0, 0.1) is 5.82 Å². The first kappa shape index (κ1) is 24.6. The average molecular weight is 522 g/mol. The zero-order valence-corrected chi connectivity index (χ0v) is 20.0. The van der Waals surface area contributed by atoms with Gasteiger partial charge in [0.25, 0.3) is 0 Å². The van der Waals surface area contributed by atoms with Crippen LogP contribution in [0.4, 0.5) is 4.39 Å². The summed E-state index contributed by atoms with van der Waals surface area (Å²) in [6.45, 7) is 5.32. The Kier molecular flexibility index (Phi) is 10.7. The van der Waals surface area contributed by atoms with Gasteiger partial charge in [-0.1, -0.05) is 6.07 Å². The predicted molar refractivity (Wildman–Crippen MR) is 122 cm³/mol. The highest BCUT2D eigenvalue weighted by atomic mass is 127. The molecule has 0 fully saturated rings. The highest BCUT2D eigenvalue weighted by Gasteiger charge is 2.13. The molecule has 2 rings (SSSR count). The van der Waals surface area contributed by atoms with Crippen LogP contribution in [-0.2, 0) is 17.8 Å². The van der Waals surface area contributed by atoms with Crippen molar-refractivity contribution in [1.82, 2.24) is 15.2 Å². The largest absolute Gasteiger partial charge is 0.491 e. The molecule has 156 valence electrons. The standard InChI is InChI=1S/C19H27FN4O2S.HI/c1-6-26-17-8-7-14(9-16(17)20)10-22-19(21-3)24(4)11-15-12-27-18(23-15)13(2)25-5;/h7-9,12-13H,6,10-11H2,1-5H3,(H,21,22);1H. The van der Waals surface area contributed by atoms with E-state index in [0.29, 0.717) is 25.7 Å². The van der Waals surface area contributed by atoms with Gasteiger partial charge in [-0.3, -0.25) is 4.99 Å². The molecule has 6 nitrogen and oxygen atoms in total. The minimum atomic E-state index is -0.359. The molecule has 1 aromatic heterocycles. The number of hydrogen-bond acceptors (Lipinski definition) is 5. The molecule has 28 heavy (non-hydrogen) atoms. The number of hydrogen-bond donors (Lipinski definition) is 1. The second kappa shape index (κ2) is 12.2. The van der Waals surface area contributed by atoms with Gasteiger partial charge in [0.2, 0.25) is 0 Å². The summed E-state index contributed by atoms with van der Waals surface area (Å²) in [4.78, 5) is 10.9. The fraction of sp³-hybridized carbons (Fsp3) is 0.474. The molecule has 0 saturated heterocycles. The van der Waals surface area contributed by atoms with Crippen molar-refractivity contribution in [3.05, 3.63) is 45.7 Å². The molecule has 1 heterocycles. The lowest BCUT2D eigenvalue weighted by Crippen LogP contribution is -2.38. The first-order valence-electron chi connectivity index (χ1n) is 8.78. The van der Waals surface area contributed by atoms with Crippen LogP contribution >= 0.6 is 35.3 Å². The molecule has 1 atom stereocenters. The molecule has 0 saturated carbocycles. The Labute approximate surface area is 187 Å². The number of aliphatic imine (C=N–C) groups is 1.